The summed E-state index contributed by atoms with van der Waals surface area (Å²) in [6.07, 6.45) is 2.74. The third kappa shape index (κ3) is 8.92. The number of halogens is 1. The lowest BCUT2D eigenvalue weighted by atomic mass is 10.2. The van der Waals surface area contributed by atoms with Gasteiger partial charge in [0.1, 0.15) is 12.3 Å². The van der Waals surface area contributed by atoms with Crippen molar-refractivity contribution in [3.05, 3.63) is 60.1 Å². The summed E-state index contributed by atoms with van der Waals surface area (Å²) < 4.78 is 5.31. The van der Waals surface area contributed by atoms with Gasteiger partial charge >= 0.3 is 0 Å². The van der Waals surface area contributed by atoms with Crippen LogP contribution in [-0.4, -0.2) is 37.5 Å². The Kier molecular flexibility index (Phi) is 11.0. The van der Waals surface area contributed by atoms with Crippen molar-refractivity contribution in [2.24, 2.45) is 4.99 Å². The van der Waals surface area contributed by atoms with Crippen LogP contribution in [0, 0.1) is 0 Å². The van der Waals surface area contributed by atoms with Crippen LogP contribution in [0.15, 0.2) is 58.1 Å². The van der Waals surface area contributed by atoms with E-state index in [4.69, 9.17) is 4.42 Å². The lowest BCUT2D eigenvalue weighted by Gasteiger charge is -2.17. The molecule has 0 radical (unpaired) electrons. The fraction of sp³-hybridized carbons (Fsp3) is 0.421. The van der Waals surface area contributed by atoms with Gasteiger partial charge in [-0.25, -0.2) is 4.99 Å². The molecule has 138 valence electrons. The molecule has 0 fully saturated rings. The Labute approximate surface area is 167 Å². The molecule has 5 nitrogen and oxygen atoms in total. The van der Waals surface area contributed by atoms with E-state index in [1.165, 1.54) is 5.56 Å². The Morgan fingerprint density at radius 2 is 1.92 bits per heavy atom. The number of nitrogens with one attached hydrogen (secondary N) is 2. The zero-order valence-corrected chi connectivity index (χ0v) is 17.4. The summed E-state index contributed by atoms with van der Waals surface area (Å²) in [5.41, 5.74) is 1.35. The second-order valence-electron chi connectivity index (χ2n) is 5.78. The van der Waals surface area contributed by atoms with Gasteiger partial charge < -0.3 is 20.0 Å². The number of guanidine groups is 1. The van der Waals surface area contributed by atoms with E-state index in [1.807, 2.05) is 12.1 Å². The van der Waals surface area contributed by atoms with E-state index < -0.39 is 0 Å². The van der Waals surface area contributed by atoms with Crippen molar-refractivity contribution in [3.8, 4) is 0 Å². The van der Waals surface area contributed by atoms with Gasteiger partial charge in [-0.15, -0.1) is 24.0 Å². The van der Waals surface area contributed by atoms with Gasteiger partial charge in [-0.05, 0) is 44.6 Å². The van der Waals surface area contributed by atoms with Gasteiger partial charge in [0.25, 0.3) is 0 Å². The van der Waals surface area contributed by atoms with E-state index in [0.29, 0.717) is 6.54 Å². The van der Waals surface area contributed by atoms with Crippen molar-refractivity contribution in [2.75, 3.05) is 26.7 Å². The Morgan fingerprint density at radius 3 is 2.60 bits per heavy atom. The van der Waals surface area contributed by atoms with Crippen LogP contribution >= 0.6 is 24.0 Å². The van der Waals surface area contributed by atoms with E-state index >= 15 is 0 Å². The van der Waals surface area contributed by atoms with Crippen LogP contribution in [0.25, 0.3) is 0 Å². The van der Waals surface area contributed by atoms with Crippen LogP contribution in [0.2, 0.25) is 0 Å². The molecule has 6 heteroatoms. The van der Waals surface area contributed by atoms with Gasteiger partial charge in [0.15, 0.2) is 5.96 Å². The maximum Gasteiger partial charge on any atom is 0.191 e. The molecule has 0 aliphatic heterocycles. The molecule has 0 saturated carbocycles. The number of hydrogen-bond donors (Lipinski definition) is 2. The van der Waals surface area contributed by atoms with E-state index in [0.717, 1.165) is 44.3 Å². The first-order valence-electron chi connectivity index (χ1n) is 8.55. The Morgan fingerprint density at radius 1 is 1.12 bits per heavy atom. The lowest BCUT2D eigenvalue weighted by molar-refractivity contribution is 0.322. The normalized spacial score (nSPS) is 11.2. The Bertz CT molecular complexity index is 587. The van der Waals surface area contributed by atoms with Crippen LogP contribution in [0.4, 0.5) is 0 Å². The Hall–Kier alpha value is -1.54. The van der Waals surface area contributed by atoms with Gasteiger partial charge in [-0.3, -0.25) is 0 Å². The number of aliphatic imine (C=N–C) groups is 1. The number of rotatable bonds is 9. The first kappa shape index (κ1) is 21.5. The summed E-state index contributed by atoms with van der Waals surface area (Å²) in [6.45, 7) is 6.38. The summed E-state index contributed by atoms with van der Waals surface area (Å²) in [6, 6.07) is 14.4. The zero-order valence-electron chi connectivity index (χ0n) is 15.1. The molecular formula is C19H29IN4O. The van der Waals surface area contributed by atoms with Crippen molar-refractivity contribution < 1.29 is 4.42 Å². The monoisotopic (exact) mass is 456 g/mol. The van der Waals surface area contributed by atoms with Crippen molar-refractivity contribution in [1.29, 1.82) is 0 Å². The smallest absolute Gasteiger partial charge is 0.191 e. The summed E-state index contributed by atoms with van der Waals surface area (Å²) in [4.78, 5) is 6.86. The standard InChI is InChI=1S/C19H28N4O.HI/c1-3-20-19(22-15-18-11-7-14-24-18)21-12-8-13-23(2)16-17-9-5-4-6-10-17;/h4-7,9-11,14H,3,8,12-13,15-16H2,1-2H3,(H2,20,21,22);1H. The second kappa shape index (κ2) is 12.8. The fourth-order valence-electron chi connectivity index (χ4n) is 2.43. The van der Waals surface area contributed by atoms with E-state index in [9.17, 15) is 0 Å². The van der Waals surface area contributed by atoms with Crippen LogP contribution < -0.4 is 10.6 Å². The van der Waals surface area contributed by atoms with Crippen molar-refractivity contribution in [2.45, 2.75) is 26.4 Å². The number of benzene rings is 1. The average molecular weight is 456 g/mol. The maximum absolute atomic E-state index is 5.31. The number of nitrogens with zero attached hydrogens (tertiary/aromatic N) is 2. The molecule has 25 heavy (non-hydrogen) atoms. The highest BCUT2D eigenvalue weighted by Crippen LogP contribution is 2.03. The predicted molar refractivity (Wildman–Crippen MR) is 114 cm³/mol. The molecular weight excluding hydrogens is 427 g/mol. The molecule has 1 aromatic heterocycles. The van der Waals surface area contributed by atoms with Gasteiger partial charge in [0, 0.05) is 19.6 Å². The molecule has 0 aliphatic rings. The highest BCUT2D eigenvalue weighted by molar-refractivity contribution is 14.0. The number of furan rings is 1. The van der Waals surface area contributed by atoms with Crippen LogP contribution in [0.3, 0.4) is 0 Å². The van der Waals surface area contributed by atoms with Crippen molar-refractivity contribution in [3.63, 3.8) is 0 Å². The molecule has 0 aliphatic carbocycles. The largest absolute Gasteiger partial charge is 0.467 e. The molecule has 1 aromatic carbocycles. The van der Waals surface area contributed by atoms with Crippen LogP contribution in [-0.2, 0) is 13.1 Å². The van der Waals surface area contributed by atoms with Crippen LogP contribution in [0.5, 0.6) is 0 Å². The minimum absolute atomic E-state index is 0. The second-order valence-corrected chi connectivity index (χ2v) is 5.78. The molecule has 0 amide bonds. The quantitative estimate of drug-likeness (QED) is 0.263. The lowest BCUT2D eigenvalue weighted by Crippen LogP contribution is -2.38. The molecule has 2 aromatic rings. The maximum atomic E-state index is 5.31. The number of hydrogen-bond acceptors (Lipinski definition) is 3. The Balaban J connectivity index is 0.00000312. The first-order valence-corrected chi connectivity index (χ1v) is 8.55. The van der Waals surface area contributed by atoms with Gasteiger partial charge in [0.05, 0.1) is 6.26 Å². The highest BCUT2D eigenvalue weighted by Gasteiger charge is 2.01. The molecule has 0 saturated heterocycles. The van der Waals surface area contributed by atoms with Gasteiger partial charge in [-0.1, -0.05) is 30.3 Å². The average Bonchev–Trinajstić information content (AvgIpc) is 3.11. The highest BCUT2D eigenvalue weighted by atomic mass is 127. The first-order chi connectivity index (χ1) is 11.8. The molecule has 0 unspecified atom stereocenters. The third-order valence-electron chi connectivity index (χ3n) is 3.62. The topological polar surface area (TPSA) is 52.8 Å². The molecule has 2 rings (SSSR count). The predicted octanol–water partition coefficient (Wildman–Crippen LogP) is 3.47. The third-order valence-corrected chi connectivity index (χ3v) is 3.62. The SMILES string of the molecule is CCNC(=NCc1ccco1)NCCCN(C)Cc1ccccc1.I. The van der Waals surface area contributed by atoms with E-state index in [1.54, 1.807) is 6.26 Å². The molecule has 0 spiro atoms. The van der Waals surface area contributed by atoms with Crippen molar-refractivity contribution in [1.82, 2.24) is 15.5 Å². The molecule has 2 N–H and O–H groups in total. The fourth-order valence-corrected chi connectivity index (χ4v) is 2.43. The van der Waals surface area contributed by atoms with Crippen LogP contribution in [0.1, 0.15) is 24.7 Å². The zero-order chi connectivity index (χ0) is 17.0. The minimum atomic E-state index is 0. The van der Waals surface area contributed by atoms with E-state index in [-0.39, 0.29) is 24.0 Å². The van der Waals surface area contributed by atoms with Gasteiger partial charge in [0.2, 0.25) is 0 Å². The summed E-state index contributed by atoms with van der Waals surface area (Å²) in [7, 11) is 2.16. The molecule has 0 atom stereocenters. The summed E-state index contributed by atoms with van der Waals surface area (Å²) in [5.74, 6) is 1.70. The molecule has 0 bridgehead atoms. The molecule has 1 heterocycles. The van der Waals surface area contributed by atoms with Gasteiger partial charge in [-0.2, -0.15) is 0 Å². The summed E-state index contributed by atoms with van der Waals surface area (Å²) in [5, 5.41) is 6.63. The minimum Gasteiger partial charge on any atom is -0.467 e. The summed E-state index contributed by atoms with van der Waals surface area (Å²) >= 11 is 0. The van der Waals surface area contributed by atoms with E-state index in [2.05, 4.69) is 64.8 Å². The van der Waals surface area contributed by atoms with Crippen molar-refractivity contribution >= 4 is 29.9 Å².